The van der Waals surface area contributed by atoms with Gasteiger partial charge in [0.15, 0.2) is 0 Å². The fourth-order valence-corrected chi connectivity index (χ4v) is 5.94. The van der Waals surface area contributed by atoms with Crippen LogP contribution in [0.4, 0.5) is 10.1 Å². The van der Waals surface area contributed by atoms with Gasteiger partial charge in [0.1, 0.15) is 11.9 Å². The minimum absolute atomic E-state index is 0.0131. The Morgan fingerprint density at radius 2 is 1.75 bits per heavy atom. The van der Waals surface area contributed by atoms with Gasteiger partial charge in [-0.25, -0.2) is 4.39 Å². The average molecular weight is 517 g/mol. The number of anilines is 1. The van der Waals surface area contributed by atoms with Crippen molar-refractivity contribution in [3.63, 3.8) is 0 Å². The van der Waals surface area contributed by atoms with Crippen molar-refractivity contribution in [2.45, 2.75) is 64.1 Å². The lowest BCUT2D eigenvalue weighted by atomic mass is 9.93. The first kappa shape index (κ1) is 26.2. The zero-order valence-corrected chi connectivity index (χ0v) is 21.4. The molecule has 2 N–H and O–H groups in total. The second kappa shape index (κ2) is 11.1. The molecule has 194 valence electrons. The van der Waals surface area contributed by atoms with Gasteiger partial charge in [-0.05, 0) is 56.0 Å². The van der Waals surface area contributed by atoms with Gasteiger partial charge in [0, 0.05) is 24.8 Å². The third-order valence-electron chi connectivity index (χ3n) is 6.71. The Bertz CT molecular complexity index is 1210. The number of nitrogens with zero attached hydrogens (tertiary/aromatic N) is 2. The van der Waals surface area contributed by atoms with Gasteiger partial charge in [-0.2, -0.15) is 17.4 Å². The lowest BCUT2D eigenvalue weighted by Crippen LogP contribution is -2.53. The molecule has 0 aromatic heterocycles. The van der Waals surface area contributed by atoms with Crippen LogP contribution >= 0.6 is 0 Å². The van der Waals surface area contributed by atoms with Crippen LogP contribution in [-0.4, -0.2) is 49.7 Å². The highest BCUT2D eigenvalue weighted by Gasteiger charge is 2.39. The molecule has 1 aliphatic carbocycles. The molecule has 2 atom stereocenters. The molecule has 4 rings (SSSR count). The van der Waals surface area contributed by atoms with Crippen LogP contribution in [-0.2, 0) is 19.8 Å². The molecule has 1 aliphatic heterocycles. The number of nitrogens with one attached hydrogen (secondary N) is 2. The van der Waals surface area contributed by atoms with Crippen LogP contribution in [0.3, 0.4) is 0 Å². The largest absolute Gasteiger partial charge is 0.351 e. The predicted molar refractivity (Wildman–Crippen MR) is 136 cm³/mol. The van der Waals surface area contributed by atoms with Crippen LogP contribution in [0.2, 0.25) is 0 Å². The van der Waals surface area contributed by atoms with E-state index in [1.165, 1.54) is 34.3 Å². The second-order valence-corrected chi connectivity index (χ2v) is 11.2. The number of amides is 2. The van der Waals surface area contributed by atoms with E-state index >= 15 is 0 Å². The summed E-state index contributed by atoms with van der Waals surface area (Å²) in [5.41, 5.74) is 1.54. The molecule has 2 aliphatic rings. The molecule has 1 saturated carbocycles. The van der Waals surface area contributed by atoms with Crippen molar-refractivity contribution < 1.29 is 22.4 Å². The van der Waals surface area contributed by atoms with Gasteiger partial charge in [-0.3, -0.25) is 14.5 Å². The van der Waals surface area contributed by atoms with Crippen molar-refractivity contribution in [2.75, 3.05) is 18.0 Å². The standard InChI is InChI=1S/C26H33FN4O4S/c1-18-9-6-7-14-23(18)24(25(32)28-21-11-4-3-5-12-21)31(22-13-8-10-20(27)17-22)26(33)19(2)29-36(34,35)30-15-16-30/h6-10,13-14,17,19,21,24,29H,3-5,11-12,15-16H2,1-2H3,(H,28,32)/t19-,24?/m0/s1. The van der Waals surface area contributed by atoms with Crippen molar-refractivity contribution >= 4 is 27.7 Å². The summed E-state index contributed by atoms with van der Waals surface area (Å²) in [5, 5.41) is 3.11. The SMILES string of the molecule is Cc1ccccc1C(C(=O)NC1CCCCC1)N(C(=O)[C@H](C)NS(=O)(=O)N1CC1)c1cccc(F)c1. The number of rotatable bonds is 9. The number of hydrogen-bond acceptors (Lipinski definition) is 4. The molecule has 2 amide bonds. The normalized spacial score (nSPS) is 18.3. The Balaban J connectivity index is 1.75. The summed E-state index contributed by atoms with van der Waals surface area (Å²) >= 11 is 0. The lowest BCUT2D eigenvalue weighted by molar-refractivity contribution is -0.127. The van der Waals surface area contributed by atoms with Gasteiger partial charge in [0.25, 0.3) is 10.2 Å². The first-order chi connectivity index (χ1) is 17.2. The average Bonchev–Trinajstić information content (AvgIpc) is 3.69. The van der Waals surface area contributed by atoms with Crippen LogP contribution in [0.15, 0.2) is 48.5 Å². The summed E-state index contributed by atoms with van der Waals surface area (Å²) in [6.07, 6.45) is 4.86. The summed E-state index contributed by atoms with van der Waals surface area (Å²) in [7, 11) is -3.84. The maximum atomic E-state index is 14.3. The zero-order chi connectivity index (χ0) is 25.9. The summed E-state index contributed by atoms with van der Waals surface area (Å²) < 4.78 is 43.0. The molecule has 2 fully saturated rings. The summed E-state index contributed by atoms with van der Waals surface area (Å²) in [4.78, 5) is 28.9. The van der Waals surface area contributed by atoms with Crippen molar-refractivity contribution in [3.05, 3.63) is 65.5 Å². The Labute approximate surface area is 212 Å². The number of aryl methyl sites for hydroxylation is 1. The third-order valence-corrected chi connectivity index (χ3v) is 8.40. The summed E-state index contributed by atoms with van der Waals surface area (Å²) in [6.45, 7) is 4.06. The number of hydrogen-bond donors (Lipinski definition) is 2. The monoisotopic (exact) mass is 516 g/mol. The van der Waals surface area contributed by atoms with E-state index in [1.807, 2.05) is 19.1 Å². The summed E-state index contributed by atoms with van der Waals surface area (Å²) in [6, 6.07) is 10.4. The van der Waals surface area contributed by atoms with E-state index in [9.17, 15) is 22.4 Å². The molecular weight excluding hydrogens is 483 g/mol. The van der Waals surface area contributed by atoms with Gasteiger partial charge >= 0.3 is 0 Å². The predicted octanol–water partition coefficient (Wildman–Crippen LogP) is 3.20. The van der Waals surface area contributed by atoms with E-state index in [2.05, 4.69) is 10.0 Å². The van der Waals surface area contributed by atoms with E-state index < -0.39 is 34.0 Å². The van der Waals surface area contributed by atoms with E-state index in [1.54, 1.807) is 18.2 Å². The fraction of sp³-hybridized carbons (Fsp3) is 0.462. The molecule has 10 heteroatoms. The molecule has 2 aromatic carbocycles. The highest BCUT2D eigenvalue weighted by atomic mass is 32.2. The zero-order valence-electron chi connectivity index (χ0n) is 20.6. The number of carbonyl (C=O) groups excluding carboxylic acids is 2. The number of benzene rings is 2. The van der Waals surface area contributed by atoms with Gasteiger partial charge in [-0.15, -0.1) is 0 Å². The van der Waals surface area contributed by atoms with Crippen LogP contribution in [0.1, 0.15) is 56.2 Å². The van der Waals surface area contributed by atoms with Crippen molar-refractivity contribution in [1.82, 2.24) is 14.3 Å². The quantitative estimate of drug-likeness (QED) is 0.500. The topological polar surface area (TPSA) is 98.6 Å². The molecule has 2 aromatic rings. The Morgan fingerprint density at radius 1 is 1.06 bits per heavy atom. The Hall–Kier alpha value is -2.82. The van der Waals surface area contributed by atoms with Gasteiger partial charge < -0.3 is 5.32 Å². The molecule has 1 unspecified atom stereocenters. The minimum Gasteiger partial charge on any atom is -0.351 e. The van der Waals surface area contributed by atoms with Gasteiger partial charge in [0.2, 0.25) is 11.8 Å². The molecule has 1 saturated heterocycles. The third kappa shape index (κ3) is 6.11. The van der Waals surface area contributed by atoms with Crippen molar-refractivity contribution in [3.8, 4) is 0 Å². The van der Waals surface area contributed by atoms with Crippen LogP contribution in [0.5, 0.6) is 0 Å². The molecular formula is C26H33FN4O4S. The Kier molecular flexibility index (Phi) is 8.07. The first-order valence-electron chi connectivity index (χ1n) is 12.4. The van der Waals surface area contributed by atoms with Crippen LogP contribution < -0.4 is 14.9 Å². The first-order valence-corrected chi connectivity index (χ1v) is 13.8. The highest BCUT2D eigenvalue weighted by molar-refractivity contribution is 7.87. The fourth-order valence-electron chi connectivity index (χ4n) is 4.69. The van der Waals surface area contributed by atoms with Crippen molar-refractivity contribution in [2.24, 2.45) is 0 Å². The van der Waals surface area contributed by atoms with Crippen LogP contribution in [0.25, 0.3) is 0 Å². The van der Waals surface area contributed by atoms with Gasteiger partial charge in [-0.1, -0.05) is 49.6 Å². The van der Waals surface area contributed by atoms with Crippen molar-refractivity contribution in [1.29, 1.82) is 0 Å². The molecule has 1 heterocycles. The minimum atomic E-state index is -3.84. The lowest BCUT2D eigenvalue weighted by Gasteiger charge is -2.35. The van der Waals surface area contributed by atoms with E-state index in [4.69, 9.17) is 0 Å². The molecule has 36 heavy (non-hydrogen) atoms. The highest BCUT2D eigenvalue weighted by Crippen LogP contribution is 2.32. The molecule has 0 spiro atoms. The maximum Gasteiger partial charge on any atom is 0.280 e. The summed E-state index contributed by atoms with van der Waals surface area (Å²) in [5.74, 6) is -1.60. The molecule has 0 radical (unpaired) electrons. The second-order valence-electron chi connectivity index (χ2n) is 9.53. The molecule has 8 nitrogen and oxygen atoms in total. The molecule has 0 bridgehead atoms. The Morgan fingerprint density at radius 3 is 2.39 bits per heavy atom. The number of halogens is 1. The van der Waals surface area contributed by atoms with E-state index in [-0.39, 0.29) is 17.6 Å². The van der Waals surface area contributed by atoms with Gasteiger partial charge in [0.05, 0.1) is 6.04 Å². The maximum absolute atomic E-state index is 14.3. The number of carbonyl (C=O) groups is 2. The van der Waals surface area contributed by atoms with E-state index in [0.29, 0.717) is 18.7 Å². The van der Waals surface area contributed by atoms with E-state index in [0.717, 1.165) is 37.7 Å². The smallest absolute Gasteiger partial charge is 0.280 e. The van der Waals surface area contributed by atoms with Crippen LogP contribution in [0, 0.1) is 12.7 Å².